The molecule has 7 nitrogen and oxygen atoms in total. The van der Waals surface area contributed by atoms with E-state index in [1.165, 1.54) is 5.56 Å². The lowest BCUT2D eigenvalue weighted by atomic mass is 9.96. The Morgan fingerprint density at radius 2 is 2.14 bits per heavy atom. The maximum Gasteiger partial charge on any atom is 0.191 e. The summed E-state index contributed by atoms with van der Waals surface area (Å²) < 4.78 is 7.38. The Labute approximate surface area is 177 Å². The van der Waals surface area contributed by atoms with Crippen molar-refractivity contribution in [3.8, 4) is 0 Å². The number of hydrogen-bond donors (Lipinski definition) is 2. The average molecular weight is 419 g/mol. The van der Waals surface area contributed by atoms with Crippen molar-refractivity contribution in [2.45, 2.75) is 45.1 Å². The molecule has 1 fully saturated rings. The van der Waals surface area contributed by atoms with Crippen LogP contribution in [0.4, 0.5) is 0 Å². The third kappa shape index (κ3) is 5.93. The molecule has 1 aromatic carbocycles. The standard InChI is InChI=1S/C21H31ClN6O/c1-4-29-12-6-11-23-20(24-14-19-27-26-16(2)28(19)3)25-15-21(9-10-21)17-7-5-8-18(22)13-17/h5,7-8,13H,4,6,9-12,14-15H2,1-3H3,(H2,23,24,25). The summed E-state index contributed by atoms with van der Waals surface area (Å²) in [6.45, 7) is 7.53. The normalized spacial score (nSPS) is 15.4. The number of rotatable bonds is 10. The van der Waals surface area contributed by atoms with Gasteiger partial charge in [-0.2, -0.15) is 0 Å². The molecule has 0 aliphatic heterocycles. The van der Waals surface area contributed by atoms with Gasteiger partial charge in [-0.15, -0.1) is 10.2 Å². The Hall–Kier alpha value is -2.12. The number of hydrogen-bond acceptors (Lipinski definition) is 4. The van der Waals surface area contributed by atoms with Crippen LogP contribution in [0.2, 0.25) is 5.02 Å². The fourth-order valence-corrected chi connectivity index (χ4v) is 3.42. The number of aromatic nitrogens is 3. The van der Waals surface area contributed by atoms with E-state index in [1.54, 1.807) is 0 Å². The average Bonchev–Trinajstić information content (AvgIpc) is 3.45. The van der Waals surface area contributed by atoms with Crippen LogP contribution in [-0.4, -0.2) is 47.0 Å². The van der Waals surface area contributed by atoms with Gasteiger partial charge in [0.05, 0.1) is 0 Å². The highest BCUT2D eigenvalue weighted by atomic mass is 35.5. The summed E-state index contributed by atoms with van der Waals surface area (Å²) in [4.78, 5) is 4.73. The predicted molar refractivity (Wildman–Crippen MR) is 116 cm³/mol. The molecule has 0 atom stereocenters. The molecule has 1 aliphatic rings. The van der Waals surface area contributed by atoms with Crippen molar-refractivity contribution in [3.05, 3.63) is 46.5 Å². The van der Waals surface area contributed by atoms with E-state index in [1.807, 2.05) is 37.6 Å². The lowest BCUT2D eigenvalue weighted by molar-refractivity contribution is 0.145. The number of halogens is 1. The first kappa shape index (κ1) is 21.6. The topological polar surface area (TPSA) is 76.4 Å². The summed E-state index contributed by atoms with van der Waals surface area (Å²) in [6, 6.07) is 8.18. The van der Waals surface area contributed by atoms with Gasteiger partial charge in [0.25, 0.3) is 0 Å². The minimum atomic E-state index is 0.139. The summed E-state index contributed by atoms with van der Waals surface area (Å²) in [7, 11) is 1.96. The molecule has 0 unspecified atom stereocenters. The van der Waals surface area contributed by atoms with Crippen LogP contribution in [0.15, 0.2) is 29.3 Å². The van der Waals surface area contributed by atoms with Crippen LogP contribution in [-0.2, 0) is 23.7 Å². The van der Waals surface area contributed by atoms with E-state index in [4.69, 9.17) is 21.3 Å². The molecule has 2 aromatic rings. The van der Waals surface area contributed by atoms with Crippen molar-refractivity contribution >= 4 is 17.6 Å². The molecule has 158 valence electrons. The van der Waals surface area contributed by atoms with E-state index in [0.717, 1.165) is 68.2 Å². The largest absolute Gasteiger partial charge is 0.382 e. The molecule has 0 amide bonds. The maximum atomic E-state index is 6.20. The van der Waals surface area contributed by atoms with Gasteiger partial charge in [0.15, 0.2) is 11.8 Å². The van der Waals surface area contributed by atoms with Crippen LogP contribution in [0.3, 0.4) is 0 Å². The van der Waals surface area contributed by atoms with Gasteiger partial charge in [-0.3, -0.25) is 0 Å². The van der Waals surface area contributed by atoms with E-state index >= 15 is 0 Å². The monoisotopic (exact) mass is 418 g/mol. The SMILES string of the molecule is CCOCCCNC(=NCc1nnc(C)n1C)NCC1(c2cccc(Cl)c2)CC1. The van der Waals surface area contributed by atoms with Crippen molar-refractivity contribution in [3.63, 3.8) is 0 Å². The van der Waals surface area contributed by atoms with Gasteiger partial charge in [0.1, 0.15) is 12.4 Å². The molecule has 3 rings (SSSR count). The fraction of sp³-hybridized carbons (Fsp3) is 0.571. The Bertz CT molecular complexity index is 830. The molecule has 2 N–H and O–H groups in total. The number of aryl methyl sites for hydroxylation is 1. The van der Waals surface area contributed by atoms with Crippen molar-refractivity contribution in [1.29, 1.82) is 0 Å². The summed E-state index contributed by atoms with van der Waals surface area (Å²) in [5.74, 6) is 2.51. The van der Waals surface area contributed by atoms with Crippen LogP contribution in [0.1, 0.15) is 43.4 Å². The minimum absolute atomic E-state index is 0.139. The molecule has 0 bridgehead atoms. The van der Waals surface area contributed by atoms with Gasteiger partial charge >= 0.3 is 0 Å². The Morgan fingerprint density at radius 3 is 2.79 bits per heavy atom. The molecule has 8 heteroatoms. The number of nitrogens with one attached hydrogen (secondary N) is 2. The molecule has 0 saturated heterocycles. The van der Waals surface area contributed by atoms with Gasteiger partial charge in [-0.05, 0) is 50.8 Å². The summed E-state index contributed by atoms with van der Waals surface area (Å²) in [5, 5.41) is 16.0. The number of ether oxygens (including phenoxy) is 1. The van der Waals surface area contributed by atoms with E-state index in [2.05, 4.69) is 33.0 Å². The molecule has 1 aliphatic carbocycles. The molecule has 1 heterocycles. The molecular weight excluding hydrogens is 388 g/mol. The van der Waals surface area contributed by atoms with Crippen molar-refractivity contribution < 1.29 is 4.74 Å². The summed E-state index contributed by atoms with van der Waals surface area (Å²) >= 11 is 6.20. The van der Waals surface area contributed by atoms with E-state index in [9.17, 15) is 0 Å². The highest BCUT2D eigenvalue weighted by Crippen LogP contribution is 2.48. The molecule has 1 aromatic heterocycles. The van der Waals surface area contributed by atoms with Gasteiger partial charge < -0.3 is 19.9 Å². The quantitative estimate of drug-likeness (QED) is 0.352. The summed E-state index contributed by atoms with van der Waals surface area (Å²) in [6.07, 6.45) is 3.23. The Morgan fingerprint density at radius 1 is 1.31 bits per heavy atom. The third-order valence-corrected chi connectivity index (χ3v) is 5.64. The second kappa shape index (κ2) is 10.1. The van der Waals surface area contributed by atoms with E-state index < -0.39 is 0 Å². The highest BCUT2D eigenvalue weighted by molar-refractivity contribution is 6.30. The molecule has 0 radical (unpaired) electrons. The number of aliphatic imine (C=N–C) groups is 1. The second-order valence-electron chi connectivity index (χ2n) is 7.51. The second-order valence-corrected chi connectivity index (χ2v) is 7.95. The van der Waals surface area contributed by atoms with Crippen molar-refractivity contribution in [2.24, 2.45) is 12.0 Å². The molecule has 29 heavy (non-hydrogen) atoms. The number of nitrogens with zero attached hydrogens (tertiary/aromatic N) is 4. The summed E-state index contributed by atoms with van der Waals surface area (Å²) in [5.41, 5.74) is 1.43. The fourth-order valence-electron chi connectivity index (χ4n) is 3.23. The Balaban J connectivity index is 1.62. The van der Waals surface area contributed by atoms with Crippen LogP contribution in [0.5, 0.6) is 0 Å². The maximum absolute atomic E-state index is 6.20. The van der Waals surface area contributed by atoms with Crippen LogP contribution in [0, 0.1) is 6.92 Å². The van der Waals surface area contributed by atoms with E-state index in [-0.39, 0.29) is 5.41 Å². The number of guanidine groups is 1. The van der Waals surface area contributed by atoms with Gasteiger partial charge in [0.2, 0.25) is 0 Å². The zero-order valence-electron chi connectivity index (χ0n) is 17.5. The first-order valence-corrected chi connectivity index (χ1v) is 10.6. The van der Waals surface area contributed by atoms with Crippen LogP contribution < -0.4 is 10.6 Å². The van der Waals surface area contributed by atoms with Crippen LogP contribution >= 0.6 is 11.6 Å². The Kier molecular flexibility index (Phi) is 7.50. The van der Waals surface area contributed by atoms with Crippen LogP contribution in [0.25, 0.3) is 0 Å². The smallest absolute Gasteiger partial charge is 0.191 e. The predicted octanol–water partition coefficient (Wildman–Crippen LogP) is 2.97. The van der Waals surface area contributed by atoms with Gasteiger partial charge in [-0.1, -0.05) is 23.7 Å². The van der Waals surface area contributed by atoms with Crippen molar-refractivity contribution in [2.75, 3.05) is 26.3 Å². The first-order valence-electron chi connectivity index (χ1n) is 10.2. The van der Waals surface area contributed by atoms with Gasteiger partial charge in [-0.25, -0.2) is 4.99 Å². The highest BCUT2D eigenvalue weighted by Gasteiger charge is 2.44. The first-order chi connectivity index (χ1) is 14.0. The molecule has 0 spiro atoms. The zero-order valence-corrected chi connectivity index (χ0v) is 18.3. The minimum Gasteiger partial charge on any atom is -0.382 e. The third-order valence-electron chi connectivity index (χ3n) is 5.41. The lowest BCUT2D eigenvalue weighted by Crippen LogP contribution is -2.42. The van der Waals surface area contributed by atoms with Gasteiger partial charge in [0, 0.05) is 43.8 Å². The van der Waals surface area contributed by atoms with Crippen molar-refractivity contribution in [1.82, 2.24) is 25.4 Å². The molecular formula is C21H31ClN6O. The lowest BCUT2D eigenvalue weighted by Gasteiger charge is -2.19. The zero-order chi connectivity index (χ0) is 20.7. The molecule has 1 saturated carbocycles. The number of benzene rings is 1. The van der Waals surface area contributed by atoms with E-state index in [0.29, 0.717) is 6.54 Å².